The molecule has 0 aliphatic carbocycles. The third-order valence-electron chi connectivity index (χ3n) is 5.91. The zero-order valence-corrected chi connectivity index (χ0v) is 18.9. The fraction of sp³-hybridized carbons (Fsp3) is 0.385. The van der Waals surface area contributed by atoms with Crippen molar-refractivity contribution in [3.05, 3.63) is 71.4 Å². The van der Waals surface area contributed by atoms with Crippen LogP contribution < -0.4 is 10.6 Å². The van der Waals surface area contributed by atoms with Crippen LogP contribution in [0, 0.1) is 0 Å². The van der Waals surface area contributed by atoms with Gasteiger partial charge in [-0.25, -0.2) is 0 Å². The van der Waals surface area contributed by atoms with E-state index in [1.165, 1.54) is 6.92 Å². The van der Waals surface area contributed by atoms with Gasteiger partial charge >= 0.3 is 0 Å². The quantitative estimate of drug-likeness (QED) is 0.468. The number of benzene rings is 2. The second-order valence-corrected chi connectivity index (χ2v) is 8.48. The van der Waals surface area contributed by atoms with Gasteiger partial charge in [-0.2, -0.15) is 0 Å². The number of hydrogen-bond donors (Lipinski definition) is 3. The Morgan fingerprint density at radius 3 is 2.73 bits per heavy atom. The van der Waals surface area contributed by atoms with Gasteiger partial charge < -0.3 is 25.1 Å². The van der Waals surface area contributed by atoms with Crippen LogP contribution in [-0.4, -0.2) is 42.2 Å². The van der Waals surface area contributed by atoms with Crippen LogP contribution in [0.3, 0.4) is 0 Å². The Morgan fingerprint density at radius 2 is 1.91 bits per heavy atom. The summed E-state index contributed by atoms with van der Waals surface area (Å²) in [5.74, 6) is -0.443. The van der Waals surface area contributed by atoms with Gasteiger partial charge in [0.25, 0.3) is 0 Å². The molecule has 1 unspecified atom stereocenters. The highest BCUT2D eigenvalue weighted by Crippen LogP contribution is 2.19. The third-order valence-corrected chi connectivity index (χ3v) is 5.91. The van der Waals surface area contributed by atoms with Crippen LogP contribution >= 0.6 is 0 Å². The molecule has 0 spiro atoms. The van der Waals surface area contributed by atoms with Crippen molar-refractivity contribution in [1.82, 2.24) is 15.6 Å². The summed E-state index contributed by atoms with van der Waals surface area (Å²) < 4.78 is 11.4. The van der Waals surface area contributed by atoms with Gasteiger partial charge in [0.2, 0.25) is 11.8 Å². The molecule has 0 radical (unpaired) electrons. The van der Waals surface area contributed by atoms with Crippen molar-refractivity contribution in [3.63, 3.8) is 0 Å². The Morgan fingerprint density at radius 1 is 1.12 bits per heavy atom. The van der Waals surface area contributed by atoms with Crippen LogP contribution in [-0.2, 0) is 38.6 Å². The lowest BCUT2D eigenvalue weighted by Gasteiger charge is -2.22. The maximum atomic E-state index is 13.0. The second kappa shape index (κ2) is 11.1. The summed E-state index contributed by atoms with van der Waals surface area (Å²) in [6, 6.07) is 15.3. The number of aromatic nitrogens is 1. The molecule has 2 amide bonds. The maximum Gasteiger partial charge on any atom is 0.243 e. The van der Waals surface area contributed by atoms with Crippen molar-refractivity contribution in [3.8, 4) is 0 Å². The Balaban J connectivity index is 1.35. The number of rotatable bonds is 9. The molecule has 3 N–H and O–H groups in total. The molecule has 33 heavy (non-hydrogen) atoms. The fourth-order valence-electron chi connectivity index (χ4n) is 4.17. The first-order valence-corrected chi connectivity index (χ1v) is 11.5. The SMILES string of the molecule is CC(=O)NC(Cc1c[nH]c2ccccc12)C(=O)NCc1cccc(COC2CCOCC2)c1. The van der Waals surface area contributed by atoms with Crippen LogP contribution in [0.25, 0.3) is 10.9 Å². The topological polar surface area (TPSA) is 92.5 Å². The molecule has 2 aromatic carbocycles. The third kappa shape index (κ3) is 6.43. The standard InChI is InChI=1S/C26H31N3O4/c1-18(30)29-25(14-21-16-27-24-8-3-2-7-23(21)24)26(31)28-15-19-5-4-6-20(13-19)17-33-22-9-11-32-12-10-22/h2-8,13,16,22,25,27H,9-12,14-15,17H2,1H3,(H,28,31)(H,29,30). The van der Waals surface area contributed by atoms with Gasteiger partial charge in [-0.3, -0.25) is 9.59 Å². The first-order chi connectivity index (χ1) is 16.1. The van der Waals surface area contributed by atoms with E-state index in [0.717, 1.165) is 53.6 Å². The zero-order chi connectivity index (χ0) is 23.0. The Kier molecular flexibility index (Phi) is 7.75. The molecule has 7 nitrogen and oxygen atoms in total. The van der Waals surface area contributed by atoms with Gasteiger partial charge in [0.15, 0.2) is 0 Å². The molecule has 1 saturated heterocycles. The molecule has 1 aromatic heterocycles. The smallest absolute Gasteiger partial charge is 0.243 e. The van der Waals surface area contributed by atoms with Crippen LogP contribution in [0.5, 0.6) is 0 Å². The molecule has 3 aromatic rings. The average molecular weight is 450 g/mol. The molecule has 4 rings (SSSR count). The van der Waals surface area contributed by atoms with E-state index >= 15 is 0 Å². The number of hydrogen-bond acceptors (Lipinski definition) is 4. The highest BCUT2D eigenvalue weighted by molar-refractivity contribution is 5.89. The molecule has 2 heterocycles. The van der Waals surface area contributed by atoms with Crippen molar-refractivity contribution in [2.75, 3.05) is 13.2 Å². The summed E-state index contributed by atoms with van der Waals surface area (Å²) in [6.45, 7) is 3.86. The lowest BCUT2D eigenvalue weighted by Crippen LogP contribution is -2.47. The van der Waals surface area contributed by atoms with Crippen LogP contribution in [0.15, 0.2) is 54.7 Å². The largest absolute Gasteiger partial charge is 0.381 e. The Bertz CT molecular complexity index is 1090. The number of aromatic amines is 1. The van der Waals surface area contributed by atoms with E-state index in [4.69, 9.17) is 9.47 Å². The summed E-state index contributed by atoms with van der Waals surface area (Å²) in [5.41, 5.74) is 4.07. The van der Waals surface area contributed by atoms with Gasteiger partial charge in [-0.15, -0.1) is 0 Å². The van der Waals surface area contributed by atoms with E-state index in [0.29, 0.717) is 19.6 Å². The summed E-state index contributed by atoms with van der Waals surface area (Å²) in [6.07, 6.45) is 4.40. The summed E-state index contributed by atoms with van der Waals surface area (Å²) >= 11 is 0. The van der Waals surface area contributed by atoms with Crippen molar-refractivity contribution >= 4 is 22.7 Å². The molecule has 1 fully saturated rings. The van der Waals surface area contributed by atoms with Crippen LogP contribution in [0.1, 0.15) is 36.5 Å². The van der Waals surface area contributed by atoms with Gasteiger partial charge in [-0.1, -0.05) is 42.5 Å². The van der Waals surface area contributed by atoms with E-state index in [2.05, 4.69) is 15.6 Å². The minimum absolute atomic E-state index is 0.209. The highest BCUT2D eigenvalue weighted by atomic mass is 16.5. The molecular formula is C26H31N3O4. The first-order valence-electron chi connectivity index (χ1n) is 11.5. The van der Waals surface area contributed by atoms with Gasteiger partial charge in [0, 0.05) is 50.2 Å². The van der Waals surface area contributed by atoms with Crippen LogP contribution in [0.4, 0.5) is 0 Å². The van der Waals surface area contributed by atoms with E-state index in [-0.39, 0.29) is 17.9 Å². The van der Waals surface area contributed by atoms with Gasteiger partial charge in [0.05, 0.1) is 12.7 Å². The predicted octanol–water partition coefficient (Wildman–Crippen LogP) is 3.23. The average Bonchev–Trinajstić information content (AvgIpc) is 3.24. The van der Waals surface area contributed by atoms with E-state index < -0.39 is 6.04 Å². The molecule has 0 saturated carbocycles. The number of ether oxygens (including phenoxy) is 2. The highest BCUT2D eigenvalue weighted by Gasteiger charge is 2.21. The summed E-state index contributed by atoms with van der Waals surface area (Å²) in [7, 11) is 0. The Hall–Kier alpha value is -3.16. The molecule has 1 aliphatic heterocycles. The lowest BCUT2D eigenvalue weighted by molar-refractivity contribution is -0.128. The van der Waals surface area contributed by atoms with Gasteiger partial charge in [-0.05, 0) is 35.6 Å². The van der Waals surface area contributed by atoms with Crippen LogP contribution in [0.2, 0.25) is 0 Å². The summed E-state index contributed by atoms with van der Waals surface area (Å²) in [5, 5.41) is 6.82. The van der Waals surface area contributed by atoms with Crippen molar-refractivity contribution in [2.24, 2.45) is 0 Å². The number of carbonyl (C=O) groups excluding carboxylic acids is 2. The van der Waals surface area contributed by atoms with Crippen molar-refractivity contribution in [2.45, 2.75) is 51.5 Å². The number of H-pyrrole nitrogens is 1. The van der Waals surface area contributed by atoms with E-state index in [1.807, 2.05) is 54.7 Å². The minimum Gasteiger partial charge on any atom is -0.381 e. The molecule has 1 aliphatic rings. The fourth-order valence-corrected chi connectivity index (χ4v) is 4.17. The molecule has 7 heteroatoms. The van der Waals surface area contributed by atoms with E-state index in [9.17, 15) is 9.59 Å². The predicted molar refractivity (Wildman–Crippen MR) is 127 cm³/mol. The monoisotopic (exact) mass is 449 g/mol. The number of nitrogens with one attached hydrogen (secondary N) is 3. The number of fused-ring (bicyclic) bond motifs is 1. The number of para-hydroxylation sites is 1. The Labute approximate surface area is 193 Å². The van der Waals surface area contributed by atoms with Gasteiger partial charge in [0.1, 0.15) is 6.04 Å². The first kappa shape index (κ1) is 23.0. The molecule has 1 atom stereocenters. The lowest BCUT2D eigenvalue weighted by atomic mass is 10.0. The van der Waals surface area contributed by atoms with Crippen molar-refractivity contribution in [1.29, 1.82) is 0 Å². The minimum atomic E-state index is -0.651. The molecule has 174 valence electrons. The molecular weight excluding hydrogens is 418 g/mol. The summed E-state index contributed by atoms with van der Waals surface area (Å²) in [4.78, 5) is 27.9. The number of amides is 2. The second-order valence-electron chi connectivity index (χ2n) is 8.48. The number of carbonyl (C=O) groups is 2. The molecule has 0 bridgehead atoms. The van der Waals surface area contributed by atoms with E-state index in [1.54, 1.807) is 0 Å². The maximum absolute atomic E-state index is 13.0. The van der Waals surface area contributed by atoms with Crippen molar-refractivity contribution < 1.29 is 19.1 Å². The zero-order valence-electron chi connectivity index (χ0n) is 18.9. The normalized spacial score (nSPS) is 15.3.